The number of H-pyrrole nitrogens is 1. The summed E-state index contributed by atoms with van der Waals surface area (Å²) in [6.07, 6.45) is 4.76. The van der Waals surface area contributed by atoms with Crippen molar-refractivity contribution in [3.63, 3.8) is 0 Å². The molecule has 5 rings (SSSR count). The van der Waals surface area contributed by atoms with Crippen LogP contribution in [0, 0.1) is 12.8 Å². The minimum absolute atomic E-state index is 0. The fourth-order valence-corrected chi connectivity index (χ4v) is 5.46. The monoisotopic (exact) mass is 451 g/mol. The number of aromatic nitrogens is 3. The number of hydrogen-bond acceptors (Lipinski definition) is 6. The summed E-state index contributed by atoms with van der Waals surface area (Å²) in [5, 5.41) is 0.465. The minimum atomic E-state index is -1.32. The van der Waals surface area contributed by atoms with Gasteiger partial charge in [0.1, 0.15) is 5.75 Å². The average Bonchev–Trinajstić information content (AvgIpc) is 3.49. The van der Waals surface area contributed by atoms with E-state index >= 15 is 0 Å². The maximum Gasteiger partial charge on any atom is 1.00 e. The first-order valence-corrected chi connectivity index (χ1v) is 11.6. The summed E-state index contributed by atoms with van der Waals surface area (Å²) in [5.74, 6) is 0.803. The van der Waals surface area contributed by atoms with Crippen LogP contribution < -0.4 is 34.3 Å². The molecule has 0 amide bonds. The van der Waals surface area contributed by atoms with Crippen molar-refractivity contribution >= 4 is 21.8 Å². The van der Waals surface area contributed by atoms with Crippen LogP contribution in [-0.4, -0.2) is 44.8 Å². The Labute approximate surface area is 207 Å². The zero-order chi connectivity index (χ0) is 20.6. The second-order valence-corrected chi connectivity index (χ2v) is 9.21. The number of aromatic amines is 1. The number of nitrogens with zero attached hydrogens (tertiary/aromatic N) is 2. The molecule has 2 unspecified atom stereocenters. The Kier molecular flexibility index (Phi) is 7.15. The van der Waals surface area contributed by atoms with Crippen molar-refractivity contribution in [3.8, 4) is 5.75 Å². The molecule has 1 aliphatic heterocycles. The summed E-state index contributed by atoms with van der Waals surface area (Å²) in [7, 11) is -1.32. The molecule has 1 N–H and O–H groups in total. The van der Waals surface area contributed by atoms with E-state index in [4.69, 9.17) is 14.2 Å². The van der Waals surface area contributed by atoms with Gasteiger partial charge in [-0.1, -0.05) is 12.1 Å². The van der Waals surface area contributed by atoms with E-state index in [9.17, 15) is 4.21 Å². The zero-order valence-corrected chi connectivity index (χ0v) is 20.7. The van der Waals surface area contributed by atoms with Crippen molar-refractivity contribution in [2.45, 2.75) is 42.9 Å². The second kappa shape index (κ2) is 9.68. The van der Waals surface area contributed by atoms with E-state index < -0.39 is 16.6 Å². The molecule has 2 aliphatic rings. The number of ether oxygens (including phenoxy) is 3. The SMILES string of the molecule is Cc1c(OCC2CCCC23OCCO3)ccnc1CS(=O)c1nc2ccccc2[nH]1.[H-].[Na+]. The molecule has 1 aromatic carbocycles. The van der Waals surface area contributed by atoms with Crippen molar-refractivity contribution in [2.24, 2.45) is 5.92 Å². The quantitative estimate of drug-likeness (QED) is 0.553. The predicted molar refractivity (Wildman–Crippen MR) is 114 cm³/mol. The summed E-state index contributed by atoms with van der Waals surface area (Å²) in [6.45, 7) is 3.81. The van der Waals surface area contributed by atoms with E-state index in [1.165, 1.54) is 0 Å². The van der Waals surface area contributed by atoms with Crippen LogP contribution in [0.1, 0.15) is 31.9 Å². The van der Waals surface area contributed by atoms with Gasteiger partial charge in [0.2, 0.25) is 0 Å². The number of pyridine rings is 1. The predicted octanol–water partition coefficient (Wildman–Crippen LogP) is 0.613. The number of nitrogens with one attached hydrogen (secondary N) is 1. The van der Waals surface area contributed by atoms with Gasteiger partial charge in [0.25, 0.3) is 0 Å². The summed E-state index contributed by atoms with van der Waals surface area (Å²) in [5.41, 5.74) is 3.34. The molecule has 2 atom stereocenters. The zero-order valence-electron chi connectivity index (χ0n) is 18.9. The third kappa shape index (κ3) is 4.60. The molecule has 160 valence electrons. The molecule has 2 aromatic heterocycles. The van der Waals surface area contributed by atoms with Gasteiger partial charge in [-0.3, -0.25) is 9.19 Å². The van der Waals surface area contributed by atoms with Crippen molar-refractivity contribution in [3.05, 3.63) is 47.8 Å². The van der Waals surface area contributed by atoms with Crippen molar-refractivity contribution in [1.82, 2.24) is 15.0 Å². The van der Waals surface area contributed by atoms with E-state index in [2.05, 4.69) is 15.0 Å². The molecule has 1 aliphatic carbocycles. The average molecular weight is 452 g/mol. The van der Waals surface area contributed by atoms with Gasteiger partial charge in [0, 0.05) is 24.1 Å². The van der Waals surface area contributed by atoms with Crippen LogP contribution in [-0.2, 0) is 26.0 Å². The fourth-order valence-electron chi connectivity index (χ4n) is 4.36. The largest absolute Gasteiger partial charge is 1.00 e. The Morgan fingerprint density at radius 3 is 2.90 bits per heavy atom. The summed E-state index contributed by atoms with van der Waals surface area (Å²) < 4.78 is 30.9. The van der Waals surface area contributed by atoms with Crippen molar-refractivity contribution < 1.29 is 49.4 Å². The van der Waals surface area contributed by atoms with Crippen LogP contribution in [0.25, 0.3) is 11.0 Å². The Bertz CT molecular complexity index is 1050. The molecular weight excluding hydrogens is 425 g/mol. The molecule has 9 heteroatoms. The van der Waals surface area contributed by atoms with Crippen LogP contribution in [0.3, 0.4) is 0 Å². The Hall–Kier alpha value is -1.29. The first-order chi connectivity index (χ1) is 14.6. The van der Waals surface area contributed by atoms with Gasteiger partial charge in [-0.15, -0.1) is 0 Å². The molecule has 0 bridgehead atoms. The number of hydrogen-bond donors (Lipinski definition) is 1. The third-order valence-corrected chi connectivity index (χ3v) is 7.19. The van der Waals surface area contributed by atoms with E-state index in [0.717, 1.165) is 47.3 Å². The third-order valence-electron chi connectivity index (χ3n) is 6.03. The van der Waals surface area contributed by atoms with Crippen LogP contribution in [0.4, 0.5) is 0 Å². The van der Waals surface area contributed by atoms with Crippen molar-refractivity contribution in [2.75, 3.05) is 19.8 Å². The summed E-state index contributed by atoms with van der Waals surface area (Å²) >= 11 is 0. The molecule has 1 saturated carbocycles. The molecule has 31 heavy (non-hydrogen) atoms. The topological polar surface area (TPSA) is 86.3 Å². The van der Waals surface area contributed by atoms with Gasteiger partial charge < -0.3 is 20.6 Å². The Morgan fingerprint density at radius 1 is 1.29 bits per heavy atom. The van der Waals surface area contributed by atoms with Crippen LogP contribution in [0.15, 0.2) is 41.7 Å². The summed E-state index contributed by atoms with van der Waals surface area (Å²) in [4.78, 5) is 12.0. The molecule has 3 aromatic rings. The molecular formula is C22H26N3NaO4S. The van der Waals surface area contributed by atoms with Gasteiger partial charge in [-0.05, 0) is 38.0 Å². The van der Waals surface area contributed by atoms with Gasteiger partial charge in [0.05, 0.1) is 53.1 Å². The number of para-hydroxylation sites is 2. The van der Waals surface area contributed by atoms with E-state index in [1.54, 1.807) is 6.20 Å². The van der Waals surface area contributed by atoms with Crippen LogP contribution in [0.2, 0.25) is 0 Å². The van der Waals surface area contributed by atoms with E-state index in [-0.39, 0.29) is 42.7 Å². The van der Waals surface area contributed by atoms with Gasteiger partial charge in [-0.25, -0.2) is 4.98 Å². The minimum Gasteiger partial charge on any atom is -1.00 e. The number of fused-ring (bicyclic) bond motifs is 1. The number of imidazole rings is 1. The molecule has 1 spiro atoms. The standard InChI is InChI=1S/C22H25N3O4S.Na.H/c1-15-19(14-30(26)21-24-17-6-2-3-7-18(17)25-21)23-10-8-20(15)27-13-16-5-4-9-22(16)28-11-12-29-22;;/h2-3,6-8,10,16H,4-5,9,11-14H2,1H3,(H,24,25);;/q;+1;-1. The first-order valence-electron chi connectivity index (χ1n) is 10.3. The maximum atomic E-state index is 12.9. The molecule has 0 radical (unpaired) electrons. The van der Waals surface area contributed by atoms with Crippen LogP contribution in [0.5, 0.6) is 5.75 Å². The van der Waals surface area contributed by atoms with Crippen LogP contribution >= 0.6 is 0 Å². The maximum absolute atomic E-state index is 12.9. The Balaban J connectivity index is 0.00000144. The summed E-state index contributed by atoms with van der Waals surface area (Å²) in [6, 6.07) is 9.53. The number of rotatable bonds is 6. The molecule has 7 nitrogen and oxygen atoms in total. The Morgan fingerprint density at radius 2 is 2.10 bits per heavy atom. The first kappa shape index (κ1) is 22.9. The smallest absolute Gasteiger partial charge is 1.00 e. The van der Waals surface area contributed by atoms with E-state index in [0.29, 0.717) is 25.0 Å². The molecule has 2 fully saturated rings. The normalized spacial score (nSPS) is 20.7. The van der Waals surface area contributed by atoms with Gasteiger partial charge >= 0.3 is 29.6 Å². The van der Waals surface area contributed by atoms with Crippen molar-refractivity contribution in [1.29, 1.82) is 0 Å². The van der Waals surface area contributed by atoms with Gasteiger partial charge in [0.15, 0.2) is 10.9 Å². The molecule has 1 saturated heterocycles. The fraction of sp³-hybridized carbons (Fsp3) is 0.455. The van der Waals surface area contributed by atoms with E-state index in [1.807, 2.05) is 37.3 Å². The second-order valence-electron chi connectivity index (χ2n) is 7.84. The molecule has 3 heterocycles. The number of benzene rings is 1. The van der Waals surface area contributed by atoms with Gasteiger partial charge in [-0.2, -0.15) is 0 Å².